The third-order valence-corrected chi connectivity index (χ3v) is 3.99. The summed E-state index contributed by atoms with van der Waals surface area (Å²) in [6, 6.07) is 3.16. The smallest absolute Gasteiger partial charge is 0.418 e. The zero-order valence-corrected chi connectivity index (χ0v) is 11.2. The molecule has 1 saturated carbocycles. The molecule has 0 amide bonds. The quantitative estimate of drug-likeness (QED) is 0.829. The number of aryl methyl sites for hydroxylation is 1. The summed E-state index contributed by atoms with van der Waals surface area (Å²) in [6.07, 6.45) is 10.1. The second-order valence-electron chi connectivity index (χ2n) is 5.42. The monoisotopic (exact) mass is 263 g/mol. The van der Waals surface area contributed by atoms with Gasteiger partial charge in [-0.05, 0) is 30.4 Å². The molecule has 1 N–H and O–H groups in total. The second-order valence-corrected chi connectivity index (χ2v) is 5.42. The molecule has 1 heterocycles. The maximum absolute atomic E-state index is 11.5. The van der Waals surface area contributed by atoms with E-state index in [1.807, 2.05) is 0 Å². The molecular weight excluding hydrogens is 242 g/mol. The lowest BCUT2D eigenvalue weighted by Crippen LogP contribution is -2.24. The minimum Gasteiger partial charge on any atom is -0.464 e. The van der Waals surface area contributed by atoms with Crippen LogP contribution in [0.15, 0.2) is 23.1 Å². The molecule has 1 fully saturated rings. The summed E-state index contributed by atoms with van der Waals surface area (Å²) in [5, 5.41) is 8.75. The second kappa shape index (κ2) is 6.55. The van der Waals surface area contributed by atoms with Gasteiger partial charge in [-0.2, -0.15) is 0 Å². The molecule has 0 radical (unpaired) electrons. The number of pyridine rings is 1. The van der Waals surface area contributed by atoms with Gasteiger partial charge >= 0.3 is 6.09 Å². The average Bonchev–Trinajstić information content (AvgIpc) is 2.87. The number of carboxylic acid groups (broad SMARTS) is 1. The van der Waals surface area contributed by atoms with Crippen molar-refractivity contribution in [3.63, 3.8) is 0 Å². The number of hydrogen-bond acceptors (Lipinski definition) is 2. The van der Waals surface area contributed by atoms with E-state index in [4.69, 9.17) is 5.11 Å². The number of unbranched alkanes of at least 4 members (excludes halogenated alkanes) is 1. The Morgan fingerprint density at radius 1 is 1.32 bits per heavy atom. The van der Waals surface area contributed by atoms with Crippen molar-refractivity contribution in [2.75, 3.05) is 0 Å². The van der Waals surface area contributed by atoms with Crippen LogP contribution < -0.4 is 5.56 Å². The zero-order chi connectivity index (χ0) is 13.7. The van der Waals surface area contributed by atoms with Gasteiger partial charge in [0.2, 0.25) is 0 Å². The van der Waals surface area contributed by atoms with Crippen LogP contribution in [0.2, 0.25) is 0 Å². The highest BCUT2D eigenvalue weighted by Crippen LogP contribution is 2.29. The van der Waals surface area contributed by atoms with E-state index in [-0.39, 0.29) is 0 Å². The minimum atomic E-state index is -1.22. The molecule has 104 valence electrons. The van der Waals surface area contributed by atoms with Crippen LogP contribution in [-0.2, 0) is 6.42 Å². The minimum absolute atomic E-state index is 0.458. The first-order valence-corrected chi connectivity index (χ1v) is 7.11. The van der Waals surface area contributed by atoms with E-state index in [2.05, 4.69) is 0 Å². The van der Waals surface area contributed by atoms with Crippen molar-refractivity contribution >= 4 is 6.09 Å². The average molecular weight is 263 g/mol. The van der Waals surface area contributed by atoms with Crippen LogP contribution in [0.3, 0.4) is 0 Å². The summed E-state index contributed by atoms with van der Waals surface area (Å²) < 4.78 is 0.710. The van der Waals surface area contributed by atoms with Gasteiger partial charge in [-0.15, -0.1) is 0 Å². The molecule has 4 heteroatoms. The van der Waals surface area contributed by atoms with Gasteiger partial charge in [0.1, 0.15) is 0 Å². The lowest BCUT2D eigenvalue weighted by molar-refractivity contribution is 0.195. The van der Waals surface area contributed by atoms with Crippen molar-refractivity contribution < 1.29 is 9.90 Å². The SMILES string of the molecule is O=C(O)n1ccc(CCCCC2CCCC2)cc1=O. The van der Waals surface area contributed by atoms with Crippen molar-refractivity contribution in [1.82, 2.24) is 4.57 Å². The lowest BCUT2D eigenvalue weighted by Gasteiger charge is -2.08. The van der Waals surface area contributed by atoms with Gasteiger partial charge in [0, 0.05) is 12.3 Å². The molecule has 0 bridgehead atoms. The van der Waals surface area contributed by atoms with Crippen molar-refractivity contribution in [2.45, 2.75) is 51.4 Å². The number of aromatic nitrogens is 1. The Bertz CT molecular complexity index is 486. The normalized spacial score (nSPS) is 15.8. The summed E-state index contributed by atoms with van der Waals surface area (Å²) >= 11 is 0. The first-order chi connectivity index (χ1) is 9.16. The summed E-state index contributed by atoms with van der Waals surface area (Å²) in [6.45, 7) is 0. The van der Waals surface area contributed by atoms with Gasteiger partial charge in [-0.3, -0.25) is 4.79 Å². The first-order valence-electron chi connectivity index (χ1n) is 7.11. The molecule has 1 aromatic rings. The highest BCUT2D eigenvalue weighted by molar-refractivity contribution is 5.67. The first kappa shape index (κ1) is 13.8. The fourth-order valence-electron chi connectivity index (χ4n) is 2.89. The number of carbonyl (C=O) groups is 1. The molecule has 1 aromatic heterocycles. The Morgan fingerprint density at radius 3 is 2.68 bits per heavy atom. The van der Waals surface area contributed by atoms with E-state index in [1.165, 1.54) is 50.8 Å². The third kappa shape index (κ3) is 3.94. The van der Waals surface area contributed by atoms with Gasteiger partial charge in [0.25, 0.3) is 5.56 Å². The molecule has 19 heavy (non-hydrogen) atoms. The molecule has 1 aliphatic carbocycles. The zero-order valence-electron chi connectivity index (χ0n) is 11.2. The van der Waals surface area contributed by atoms with Gasteiger partial charge < -0.3 is 5.11 Å². The van der Waals surface area contributed by atoms with Crippen LogP contribution in [0.4, 0.5) is 4.79 Å². The number of nitrogens with zero attached hydrogens (tertiary/aromatic N) is 1. The highest BCUT2D eigenvalue weighted by Gasteiger charge is 2.14. The van der Waals surface area contributed by atoms with E-state index >= 15 is 0 Å². The van der Waals surface area contributed by atoms with E-state index in [9.17, 15) is 9.59 Å². The van der Waals surface area contributed by atoms with Crippen molar-refractivity contribution in [1.29, 1.82) is 0 Å². The van der Waals surface area contributed by atoms with Crippen molar-refractivity contribution in [3.8, 4) is 0 Å². The molecule has 4 nitrogen and oxygen atoms in total. The highest BCUT2D eigenvalue weighted by atomic mass is 16.4. The topological polar surface area (TPSA) is 59.3 Å². The molecular formula is C15H21NO3. The summed E-state index contributed by atoms with van der Waals surface area (Å²) in [4.78, 5) is 22.2. The summed E-state index contributed by atoms with van der Waals surface area (Å²) in [5.41, 5.74) is 0.481. The molecule has 0 aliphatic heterocycles. The molecule has 1 aliphatic rings. The summed E-state index contributed by atoms with van der Waals surface area (Å²) in [7, 11) is 0. The van der Waals surface area contributed by atoms with E-state index in [0.29, 0.717) is 4.57 Å². The van der Waals surface area contributed by atoms with Gasteiger partial charge in [-0.1, -0.05) is 38.5 Å². The Morgan fingerprint density at radius 2 is 2.05 bits per heavy atom. The molecule has 2 rings (SSSR count). The maximum atomic E-state index is 11.5. The predicted molar refractivity (Wildman–Crippen MR) is 73.6 cm³/mol. The fraction of sp³-hybridized carbons (Fsp3) is 0.600. The Kier molecular flexibility index (Phi) is 4.77. The van der Waals surface area contributed by atoms with Crippen LogP contribution in [0.1, 0.15) is 50.5 Å². The molecule has 0 saturated heterocycles. The molecule has 0 unspecified atom stereocenters. The van der Waals surface area contributed by atoms with Crippen LogP contribution in [0.25, 0.3) is 0 Å². The fourth-order valence-corrected chi connectivity index (χ4v) is 2.89. The molecule has 0 atom stereocenters. The standard InChI is InChI=1S/C15H21NO3/c17-14-11-13(9-10-16(14)15(18)19)8-4-3-7-12-5-1-2-6-12/h9-12H,1-8H2,(H,18,19). The van der Waals surface area contributed by atoms with Crippen molar-refractivity contribution in [3.05, 3.63) is 34.2 Å². The number of hydrogen-bond donors (Lipinski definition) is 1. The van der Waals surface area contributed by atoms with Crippen molar-refractivity contribution in [2.24, 2.45) is 5.92 Å². The maximum Gasteiger partial charge on any atom is 0.418 e. The van der Waals surface area contributed by atoms with E-state index in [1.54, 1.807) is 6.07 Å². The van der Waals surface area contributed by atoms with E-state index < -0.39 is 11.7 Å². The lowest BCUT2D eigenvalue weighted by atomic mass is 9.99. The van der Waals surface area contributed by atoms with Crippen LogP contribution >= 0.6 is 0 Å². The predicted octanol–water partition coefficient (Wildman–Crippen LogP) is 3.28. The number of rotatable bonds is 5. The Labute approximate surface area is 113 Å². The van der Waals surface area contributed by atoms with Crippen LogP contribution in [0.5, 0.6) is 0 Å². The van der Waals surface area contributed by atoms with Gasteiger partial charge in [0.05, 0.1) is 0 Å². The molecule has 0 spiro atoms. The van der Waals surface area contributed by atoms with Crippen LogP contribution in [0, 0.1) is 5.92 Å². The third-order valence-electron chi connectivity index (χ3n) is 3.99. The largest absolute Gasteiger partial charge is 0.464 e. The molecule has 0 aromatic carbocycles. The van der Waals surface area contributed by atoms with Gasteiger partial charge in [-0.25, -0.2) is 9.36 Å². The van der Waals surface area contributed by atoms with Crippen LogP contribution in [-0.4, -0.2) is 15.8 Å². The summed E-state index contributed by atoms with van der Waals surface area (Å²) in [5.74, 6) is 0.917. The Hall–Kier alpha value is -1.58. The van der Waals surface area contributed by atoms with Gasteiger partial charge in [0.15, 0.2) is 0 Å². The van der Waals surface area contributed by atoms with E-state index in [0.717, 1.165) is 24.3 Å². The Balaban J connectivity index is 1.78.